The zero-order chi connectivity index (χ0) is 15.2. The van der Waals surface area contributed by atoms with Crippen LogP contribution in [-0.2, 0) is 19.1 Å². The third kappa shape index (κ3) is 1.77. The number of fused-ring (bicyclic) bond motifs is 3. The summed E-state index contributed by atoms with van der Waals surface area (Å²) in [5, 5.41) is 0. The van der Waals surface area contributed by atoms with E-state index >= 15 is 0 Å². The number of hydrogen-bond acceptors (Lipinski definition) is 5. The number of methoxy groups -OCH3 is 1. The van der Waals surface area contributed by atoms with Crippen LogP contribution < -0.4 is 4.74 Å². The van der Waals surface area contributed by atoms with Gasteiger partial charge >= 0.3 is 5.97 Å². The summed E-state index contributed by atoms with van der Waals surface area (Å²) in [7, 11) is 1.42. The van der Waals surface area contributed by atoms with Crippen LogP contribution in [0.25, 0.3) is 0 Å². The molecule has 0 saturated heterocycles. The molecule has 3 atom stereocenters. The van der Waals surface area contributed by atoms with Gasteiger partial charge in [0, 0.05) is 31.4 Å². The third-order valence-electron chi connectivity index (χ3n) is 4.60. The van der Waals surface area contributed by atoms with Crippen LogP contribution in [0.15, 0.2) is 24.3 Å². The van der Waals surface area contributed by atoms with Gasteiger partial charge in [-0.1, -0.05) is 18.2 Å². The molecule has 0 spiro atoms. The van der Waals surface area contributed by atoms with Crippen molar-refractivity contribution in [1.82, 2.24) is 0 Å². The van der Waals surface area contributed by atoms with Crippen molar-refractivity contribution in [3.05, 3.63) is 29.8 Å². The van der Waals surface area contributed by atoms with Crippen molar-refractivity contribution in [1.29, 1.82) is 0 Å². The lowest BCUT2D eigenvalue weighted by Crippen LogP contribution is -2.59. The van der Waals surface area contributed by atoms with Crippen LogP contribution in [0.3, 0.4) is 0 Å². The van der Waals surface area contributed by atoms with Gasteiger partial charge < -0.3 is 9.47 Å². The van der Waals surface area contributed by atoms with Gasteiger partial charge in [0.15, 0.2) is 5.41 Å². The minimum atomic E-state index is -1.42. The molecule has 1 aliphatic carbocycles. The molecular formula is C16H16O5. The van der Waals surface area contributed by atoms with Crippen molar-refractivity contribution in [3.63, 3.8) is 0 Å². The summed E-state index contributed by atoms with van der Waals surface area (Å²) in [6.45, 7) is 1.37. The summed E-state index contributed by atoms with van der Waals surface area (Å²) >= 11 is 0. The quantitative estimate of drug-likeness (QED) is 0.470. The Bertz CT molecular complexity index is 635. The molecule has 1 heterocycles. The highest BCUT2D eigenvalue weighted by Gasteiger charge is 2.63. The Morgan fingerprint density at radius 2 is 2.00 bits per heavy atom. The van der Waals surface area contributed by atoms with Crippen LogP contribution in [-0.4, -0.2) is 30.7 Å². The molecule has 1 fully saturated rings. The molecule has 5 nitrogen and oxygen atoms in total. The topological polar surface area (TPSA) is 69.7 Å². The molecule has 0 N–H and O–H groups in total. The molecule has 5 heteroatoms. The maximum absolute atomic E-state index is 12.6. The molecule has 3 rings (SSSR count). The van der Waals surface area contributed by atoms with E-state index < -0.39 is 23.4 Å². The van der Waals surface area contributed by atoms with Crippen molar-refractivity contribution in [2.45, 2.75) is 31.8 Å². The highest BCUT2D eigenvalue weighted by molar-refractivity contribution is 6.08. The van der Waals surface area contributed by atoms with Crippen LogP contribution in [0.4, 0.5) is 0 Å². The van der Waals surface area contributed by atoms with Gasteiger partial charge in [-0.15, -0.1) is 0 Å². The molecule has 0 bridgehead atoms. The second kappa shape index (κ2) is 4.77. The first-order valence-corrected chi connectivity index (χ1v) is 6.88. The van der Waals surface area contributed by atoms with Gasteiger partial charge in [0.25, 0.3) is 0 Å². The van der Waals surface area contributed by atoms with E-state index in [1.807, 2.05) is 6.07 Å². The van der Waals surface area contributed by atoms with Gasteiger partial charge in [0.05, 0.1) is 6.10 Å². The minimum absolute atomic E-state index is 0.00627. The first kappa shape index (κ1) is 13.9. The number of rotatable bonds is 2. The molecule has 0 unspecified atom stereocenters. The van der Waals surface area contributed by atoms with Crippen molar-refractivity contribution in [2.24, 2.45) is 5.41 Å². The Morgan fingerprint density at radius 1 is 1.29 bits per heavy atom. The molecule has 0 amide bonds. The van der Waals surface area contributed by atoms with Crippen LogP contribution in [0.5, 0.6) is 5.75 Å². The standard InChI is InChI=1S/C16H16O5/c1-9(17)16-12(7-10(18)8-14(16)20-2)11-5-3-4-6-13(11)21-15(16)19/h3-6,12,14H,7-8H2,1-2H3/t12-,14-,16+/m0/s1. The summed E-state index contributed by atoms with van der Waals surface area (Å²) in [5.74, 6) is -1.02. The predicted octanol–water partition coefficient (Wildman–Crippen LogP) is 1.64. The summed E-state index contributed by atoms with van der Waals surface area (Å²) in [6.07, 6.45) is -0.558. The Labute approximate surface area is 122 Å². The first-order valence-electron chi connectivity index (χ1n) is 6.88. The Hall–Kier alpha value is -2.01. The fourth-order valence-corrected chi connectivity index (χ4v) is 3.62. The SMILES string of the molecule is CO[C@H]1CC(=O)C[C@H]2c3ccccc3OC(=O)[C@@]12C(C)=O. The predicted molar refractivity (Wildman–Crippen MR) is 73.0 cm³/mol. The van der Waals surface area contributed by atoms with E-state index in [-0.39, 0.29) is 24.4 Å². The van der Waals surface area contributed by atoms with Crippen molar-refractivity contribution < 1.29 is 23.9 Å². The molecule has 1 aromatic rings. The van der Waals surface area contributed by atoms with E-state index in [4.69, 9.17) is 9.47 Å². The van der Waals surface area contributed by atoms with Gasteiger partial charge in [-0.05, 0) is 13.0 Å². The second-order valence-electron chi connectivity index (χ2n) is 5.58. The zero-order valence-corrected chi connectivity index (χ0v) is 11.9. The summed E-state index contributed by atoms with van der Waals surface area (Å²) in [5.41, 5.74) is -0.695. The Morgan fingerprint density at radius 3 is 2.67 bits per heavy atom. The van der Waals surface area contributed by atoms with E-state index in [1.54, 1.807) is 18.2 Å². The molecule has 1 aromatic carbocycles. The minimum Gasteiger partial charge on any atom is -0.425 e. The Balaban J connectivity index is 2.24. The molecule has 0 aromatic heterocycles. The van der Waals surface area contributed by atoms with Gasteiger partial charge in [0.1, 0.15) is 17.3 Å². The molecular weight excluding hydrogens is 272 g/mol. The van der Waals surface area contributed by atoms with Gasteiger partial charge in [-0.25, -0.2) is 0 Å². The molecule has 110 valence electrons. The third-order valence-corrected chi connectivity index (χ3v) is 4.60. The van der Waals surface area contributed by atoms with Crippen LogP contribution >= 0.6 is 0 Å². The average molecular weight is 288 g/mol. The number of ether oxygens (including phenoxy) is 2. The molecule has 1 aliphatic heterocycles. The number of para-hydroxylation sites is 1. The second-order valence-corrected chi connectivity index (χ2v) is 5.58. The van der Waals surface area contributed by atoms with Crippen molar-refractivity contribution in [3.8, 4) is 5.75 Å². The van der Waals surface area contributed by atoms with Crippen LogP contribution in [0, 0.1) is 5.41 Å². The van der Waals surface area contributed by atoms with E-state index in [9.17, 15) is 14.4 Å². The van der Waals surface area contributed by atoms with E-state index in [0.29, 0.717) is 5.75 Å². The lowest BCUT2D eigenvalue weighted by Gasteiger charge is -2.47. The van der Waals surface area contributed by atoms with E-state index in [2.05, 4.69) is 0 Å². The van der Waals surface area contributed by atoms with Crippen LogP contribution in [0.1, 0.15) is 31.2 Å². The molecule has 21 heavy (non-hydrogen) atoms. The molecule has 0 radical (unpaired) electrons. The highest BCUT2D eigenvalue weighted by atomic mass is 16.5. The maximum atomic E-state index is 12.6. The largest absolute Gasteiger partial charge is 0.425 e. The van der Waals surface area contributed by atoms with Crippen molar-refractivity contribution >= 4 is 17.5 Å². The first-order chi connectivity index (χ1) is 10.0. The number of carbonyl (C=O) groups excluding carboxylic acids is 3. The number of esters is 1. The summed E-state index contributed by atoms with van der Waals surface area (Å²) in [4.78, 5) is 37.0. The fourth-order valence-electron chi connectivity index (χ4n) is 3.62. The smallest absolute Gasteiger partial charge is 0.328 e. The maximum Gasteiger partial charge on any atom is 0.328 e. The lowest BCUT2D eigenvalue weighted by molar-refractivity contribution is -0.172. The van der Waals surface area contributed by atoms with Gasteiger partial charge in [-0.2, -0.15) is 0 Å². The zero-order valence-electron chi connectivity index (χ0n) is 11.9. The Kier molecular flexibility index (Phi) is 3.17. The highest BCUT2D eigenvalue weighted by Crippen LogP contribution is 2.53. The van der Waals surface area contributed by atoms with Gasteiger partial charge in [-0.3, -0.25) is 14.4 Å². The number of hydrogen-bond donors (Lipinski definition) is 0. The molecule has 1 saturated carbocycles. The van der Waals surface area contributed by atoms with Gasteiger partial charge in [0.2, 0.25) is 0 Å². The lowest BCUT2D eigenvalue weighted by atomic mass is 9.58. The fraction of sp³-hybridized carbons (Fsp3) is 0.438. The average Bonchev–Trinajstić information content (AvgIpc) is 2.46. The number of carbonyl (C=O) groups is 3. The molecule has 2 aliphatic rings. The van der Waals surface area contributed by atoms with E-state index in [0.717, 1.165) is 5.56 Å². The summed E-state index contributed by atoms with van der Waals surface area (Å²) in [6, 6.07) is 7.04. The summed E-state index contributed by atoms with van der Waals surface area (Å²) < 4.78 is 10.7. The number of benzene rings is 1. The number of ketones is 2. The van der Waals surface area contributed by atoms with Crippen molar-refractivity contribution in [2.75, 3.05) is 7.11 Å². The normalized spacial score (nSPS) is 31.1. The van der Waals surface area contributed by atoms with E-state index in [1.165, 1.54) is 14.0 Å². The monoisotopic (exact) mass is 288 g/mol. The number of Topliss-reactive ketones (excluding diaryl/α,β-unsaturated/α-hetero) is 2. The van der Waals surface area contributed by atoms with Crippen LogP contribution in [0.2, 0.25) is 0 Å².